The van der Waals surface area contributed by atoms with Gasteiger partial charge in [0.25, 0.3) is 0 Å². The topological polar surface area (TPSA) is 91.5 Å². The van der Waals surface area contributed by atoms with Crippen LogP contribution in [0, 0.1) is 0 Å². The summed E-state index contributed by atoms with van der Waals surface area (Å²) in [7, 11) is 1.41. The van der Waals surface area contributed by atoms with E-state index in [0.717, 1.165) is 44.9 Å². The predicted octanol–water partition coefficient (Wildman–Crippen LogP) is 5.30. The number of ether oxygens (including phenoxy) is 1. The Morgan fingerprint density at radius 2 is 1.12 bits per heavy atom. The summed E-state index contributed by atoms with van der Waals surface area (Å²) >= 11 is 0. The summed E-state index contributed by atoms with van der Waals surface area (Å²) in [6.07, 6.45) is 13.5. The van der Waals surface area contributed by atoms with Gasteiger partial charge in [0.2, 0.25) is 0 Å². The highest BCUT2D eigenvalue weighted by atomic mass is 16.5. The van der Waals surface area contributed by atoms with E-state index in [1.165, 1.54) is 32.8 Å². The maximum Gasteiger partial charge on any atom is 0.305 e. The molecule has 0 aromatic carbocycles. The molecule has 0 radical (unpaired) electrons. The van der Waals surface area contributed by atoms with Gasteiger partial charge in [-0.3, -0.25) is 4.79 Å². The van der Waals surface area contributed by atoms with Gasteiger partial charge >= 0.3 is 5.97 Å². The second-order valence-corrected chi connectivity index (χ2v) is 6.46. The summed E-state index contributed by atoms with van der Waals surface area (Å²) in [5.41, 5.74) is 0.995. The van der Waals surface area contributed by atoms with Crippen molar-refractivity contribution < 1.29 is 19.9 Å². The first kappa shape index (κ1) is 23.4. The summed E-state index contributed by atoms with van der Waals surface area (Å²) in [4.78, 5) is 11.0. The van der Waals surface area contributed by atoms with E-state index >= 15 is 0 Å². The Morgan fingerprint density at radius 1 is 0.720 bits per heavy atom. The van der Waals surface area contributed by atoms with Gasteiger partial charge in [-0.2, -0.15) is 0 Å². The van der Waals surface area contributed by atoms with Gasteiger partial charge in [0.05, 0.1) is 7.11 Å². The zero-order valence-corrected chi connectivity index (χ0v) is 16.0. The molecule has 0 aromatic heterocycles. The van der Waals surface area contributed by atoms with E-state index in [0.29, 0.717) is 30.7 Å². The minimum Gasteiger partial charge on any atom is -0.469 e. The van der Waals surface area contributed by atoms with Crippen LogP contribution in [0.1, 0.15) is 96.8 Å². The lowest BCUT2D eigenvalue weighted by Gasteiger charge is -2.07. The highest BCUT2D eigenvalue weighted by molar-refractivity contribution is 6.42. The Bertz CT molecular complexity index is 395. The summed E-state index contributed by atoms with van der Waals surface area (Å²) < 4.78 is 4.60. The molecule has 0 saturated carbocycles. The molecule has 146 valence electrons. The van der Waals surface area contributed by atoms with Gasteiger partial charge < -0.3 is 15.2 Å². The molecule has 6 heteroatoms. The van der Waals surface area contributed by atoms with E-state index in [-0.39, 0.29) is 5.97 Å². The van der Waals surface area contributed by atoms with Crippen LogP contribution in [-0.4, -0.2) is 34.9 Å². The molecular weight excluding hydrogens is 320 g/mol. The largest absolute Gasteiger partial charge is 0.469 e. The number of carbonyl (C=O) groups is 1. The Labute approximate surface area is 152 Å². The molecule has 0 saturated heterocycles. The van der Waals surface area contributed by atoms with Crippen molar-refractivity contribution in [3.05, 3.63) is 0 Å². The van der Waals surface area contributed by atoms with Gasteiger partial charge in [-0.05, 0) is 32.1 Å². The molecule has 0 rings (SSSR count). The van der Waals surface area contributed by atoms with Crippen LogP contribution in [0.15, 0.2) is 10.3 Å². The predicted molar refractivity (Wildman–Crippen MR) is 101 cm³/mol. The quantitative estimate of drug-likeness (QED) is 0.129. The zero-order valence-electron chi connectivity index (χ0n) is 16.0. The van der Waals surface area contributed by atoms with Gasteiger partial charge in [0, 0.05) is 6.42 Å². The number of carbonyl (C=O) groups excluding carboxylic acids is 1. The van der Waals surface area contributed by atoms with Gasteiger partial charge in [-0.25, -0.2) is 0 Å². The van der Waals surface area contributed by atoms with Crippen molar-refractivity contribution in [2.75, 3.05) is 7.11 Å². The van der Waals surface area contributed by atoms with Crippen LogP contribution in [0.3, 0.4) is 0 Å². The van der Waals surface area contributed by atoms with Gasteiger partial charge in [0.1, 0.15) is 11.4 Å². The van der Waals surface area contributed by atoms with Crippen molar-refractivity contribution in [3.63, 3.8) is 0 Å². The van der Waals surface area contributed by atoms with Crippen molar-refractivity contribution in [2.45, 2.75) is 96.8 Å². The standard InChI is InChI=1S/C19H36N2O4/c1-3-4-5-6-8-11-14-17(20-23)18(21-24)15-12-9-7-10-13-16-19(22)25-2/h23-24H,3-16H2,1-2H3. The molecule has 0 bridgehead atoms. The smallest absolute Gasteiger partial charge is 0.305 e. The molecule has 0 aliphatic rings. The molecule has 0 aliphatic carbocycles. The number of hydrogen-bond acceptors (Lipinski definition) is 6. The summed E-state index contributed by atoms with van der Waals surface area (Å²) in [6, 6.07) is 0. The first-order valence-corrected chi connectivity index (χ1v) is 9.68. The van der Waals surface area contributed by atoms with E-state index in [4.69, 9.17) is 5.21 Å². The van der Waals surface area contributed by atoms with E-state index in [2.05, 4.69) is 22.0 Å². The molecule has 0 atom stereocenters. The fourth-order valence-electron chi connectivity index (χ4n) is 2.77. The fraction of sp³-hybridized carbons (Fsp3) is 0.842. The molecular formula is C19H36N2O4. The third-order valence-electron chi connectivity index (χ3n) is 4.36. The zero-order chi connectivity index (χ0) is 18.8. The molecule has 0 spiro atoms. The first-order valence-electron chi connectivity index (χ1n) is 9.68. The van der Waals surface area contributed by atoms with Crippen LogP contribution in [0.5, 0.6) is 0 Å². The Morgan fingerprint density at radius 3 is 1.52 bits per heavy atom. The number of unbranched alkanes of at least 4 members (excludes halogenated alkanes) is 9. The van der Waals surface area contributed by atoms with Crippen LogP contribution >= 0.6 is 0 Å². The van der Waals surface area contributed by atoms with Crippen LogP contribution in [0.25, 0.3) is 0 Å². The fourth-order valence-corrected chi connectivity index (χ4v) is 2.77. The molecule has 0 heterocycles. The molecule has 0 unspecified atom stereocenters. The van der Waals surface area contributed by atoms with Crippen LogP contribution < -0.4 is 0 Å². The minimum absolute atomic E-state index is 0.159. The van der Waals surface area contributed by atoms with Crippen molar-refractivity contribution in [1.82, 2.24) is 0 Å². The lowest BCUT2D eigenvalue weighted by molar-refractivity contribution is -0.140. The van der Waals surface area contributed by atoms with Crippen molar-refractivity contribution >= 4 is 17.4 Å². The maximum atomic E-state index is 11.0. The normalized spacial score (nSPS) is 12.4. The number of hydrogen-bond donors (Lipinski definition) is 2. The highest BCUT2D eigenvalue weighted by Crippen LogP contribution is 2.12. The van der Waals surface area contributed by atoms with Crippen LogP contribution in [-0.2, 0) is 9.53 Å². The molecule has 0 amide bonds. The lowest BCUT2D eigenvalue weighted by atomic mass is 10.0. The molecule has 25 heavy (non-hydrogen) atoms. The van der Waals surface area contributed by atoms with Gasteiger partial charge in [-0.1, -0.05) is 68.6 Å². The number of methoxy groups -OCH3 is 1. The first-order chi connectivity index (χ1) is 12.2. The SMILES string of the molecule is CCCCCCCCC(=NO)C(CCCCCCCC(=O)OC)=NO. The van der Waals surface area contributed by atoms with Crippen molar-refractivity contribution in [3.8, 4) is 0 Å². The van der Waals surface area contributed by atoms with Crippen LogP contribution in [0.2, 0.25) is 0 Å². The monoisotopic (exact) mass is 356 g/mol. The third-order valence-corrected chi connectivity index (χ3v) is 4.36. The summed E-state index contributed by atoms with van der Waals surface area (Å²) in [5, 5.41) is 25.0. The molecule has 0 aliphatic heterocycles. The Balaban J connectivity index is 3.84. The van der Waals surface area contributed by atoms with Crippen LogP contribution in [0.4, 0.5) is 0 Å². The molecule has 0 aromatic rings. The van der Waals surface area contributed by atoms with Gasteiger partial charge in [-0.15, -0.1) is 0 Å². The second kappa shape index (κ2) is 17.2. The third kappa shape index (κ3) is 13.4. The molecule has 6 nitrogen and oxygen atoms in total. The van der Waals surface area contributed by atoms with E-state index < -0.39 is 0 Å². The average Bonchev–Trinajstić information content (AvgIpc) is 2.64. The number of nitrogens with zero attached hydrogens (tertiary/aromatic N) is 2. The molecule has 0 fully saturated rings. The Kier molecular flexibility index (Phi) is 16.1. The van der Waals surface area contributed by atoms with Crippen molar-refractivity contribution in [1.29, 1.82) is 0 Å². The minimum atomic E-state index is -0.159. The Hall–Kier alpha value is -1.59. The summed E-state index contributed by atoms with van der Waals surface area (Å²) in [6.45, 7) is 2.19. The highest BCUT2D eigenvalue weighted by Gasteiger charge is 2.10. The van der Waals surface area contributed by atoms with E-state index in [9.17, 15) is 10.0 Å². The second-order valence-electron chi connectivity index (χ2n) is 6.46. The number of esters is 1. The lowest BCUT2D eigenvalue weighted by Crippen LogP contribution is -2.14. The van der Waals surface area contributed by atoms with Crippen molar-refractivity contribution in [2.24, 2.45) is 10.3 Å². The summed E-state index contributed by atoms with van der Waals surface area (Å²) in [5.74, 6) is -0.159. The molecule has 2 N–H and O–H groups in total. The number of oxime groups is 2. The maximum absolute atomic E-state index is 11.0. The van der Waals surface area contributed by atoms with E-state index in [1.54, 1.807) is 0 Å². The number of rotatable bonds is 16. The average molecular weight is 357 g/mol. The van der Waals surface area contributed by atoms with Gasteiger partial charge in [0.15, 0.2) is 0 Å². The van der Waals surface area contributed by atoms with E-state index in [1.807, 2.05) is 0 Å².